The molecule has 1 saturated heterocycles. The monoisotopic (exact) mass is 360 g/mol. The van der Waals surface area contributed by atoms with Gasteiger partial charge in [0.1, 0.15) is 0 Å². The van der Waals surface area contributed by atoms with Crippen molar-refractivity contribution in [1.82, 2.24) is 9.55 Å². The molecular weight excluding hydrogens is 342 g/mol. The fourth-order valence-corrected chi connectivity index (χ4v) is 5.46. The Bertz CT molecular complexity index is 780. The van der Waals surface area contributed by atoms with Crippen molar-refractivity contribution in [2.45, 2.75) is 26.3 Å². The third-order valence-corrected chi connectivity index (χ3v) is 6.66. The van der Waals surface area contributed by atoms with E-state index < -0.39 is 9.84 Å². The van der Waals surface area contributed by atoms with Gasteiger partial charge in [-0.1, -0.05) is 0 Å². The van der Waals surface area contributed by atoms with E-state index in [-0.39, 0.29) is 24.2 Å². The number of sulfone groups is 1. The molecule has 1 N–H and O–H groups in total. The van der Waals surface area contributed by atoms with Gasteiger partial charge in [0.25, 0.3) is 0 Å². The van der Waals surface area contributed by atoms with Crippen molar-refractivity contribution >= 4 is 26.3 Å². The van der Waals surface area contributed by atoms with Crippen molar-refractivity contribution in [1.29, 1.82) is 0 Å². The van der Waals surface area contributed by atoms with E-state index in [2.05, 4.69) is 20.9 Å². The Morgan fingerprint density at radius 3 is 2.68 bits per heavy atom. The molecule has 2 aromatic rings. The number of aryl methyl sites for hydroxylation is 1. The zero-order valence-corrected chi connectivity index (χ0v) is 15.1. The topological polar surface area (TPSA) is 64.0 Å². The maximum absolute atomic E-state index is 11.7. The molecule has 1 aliphatic heterocycles. The van der Waals surface area contributed by atoms with Crippen LogP contribution in [0.4, 0.5) is 5.13 Å². The Hall–Kier alpha value is -1.05. The molecule has 2 aromatic heterocycles. The summed E-state index contributed by atoms with van der Waals surface area (Å²) in [7, 11) is -1.02. The molecule has 0 aliphatic carbocycles. The molecule has 0 aromatic carbocycles. The summed E-state index contributed by atoms with van der Waals surface area (Å²) in [5.41, 5.74) is 4.24. The first-order valence-electron chi connectivity index (χ1n) is 6.94. The van der Waals surface area contributed by atoms with Gasteiger partial charge in [0, 0.05) is 35.4 Å². The van der Waals surface area contributed by atoms with Crippen LogP contribution >= 0.6 is 11.3 Å². The van der Waals surface area contributed by atoms with Crippen molar-refractivity contribution in [3.8, 4) is 11.3 Å². The van der Waals surface area contributed by atoms with E-state index in [4.69, 9.17) is 0 Å². The summed E-state index contributed by atoms with van der Waals surface area (Å²) in [5, 5.41) is 5.96. The van der Waals surface area contributed by atoms with Gasteiger partial charge in [0.2, 0.25) is 0 Å². The first kappa shape index (κ1) is 17.3. The highest BCUT2D eigenvalue weighted by Gasteiger charge is 2.31. The van der Waals surface area contributed by atoms with Crippen LogP contribution < -0.4 is 17.7 Å². The van der Waals surface area contributed by atoms with Crippen LogP contribution in [-0.2, 0) is 9.84 Å². The molecule has 1 atom stereocenters. The van der Waals surface area contributed by atoms with E-state index >= 15 is 0 Å². The normalized spacial score (nSPS) is 19.9. The van der Waals surface area contributed by atoms with Gasteiger partial charge in [-0.3, -0.25) is 0 Å². The van der Waals surface area contributed by atoms with Crippen molar-refractivity contribution in [3.63, 3.8) is 0 Å². The number of halogens is 1. The minimum Gasteiger partial charge on any atom is -1.00 e. The zero-order valence-electron chi connectivity index (χ0n) is 12.8. The van der Waals surface area contributed by atoms with E-state index in [1.165, 1.54) is 0 Å². The molecule has 3 heterocycles. The van der Waals surface area contributed by atoms with Gasteiger partial charge in [-0.15, -0.1) is 11.3 Å². The zero-order chi connectivity index (χ0) is 15.2. The second-order valence-electron chi connectivity index (χ2n) is 5.50. The number of hydrogen-bond donors (Lipinski definition) is 1. The lowest BCUT2D eigenvalue weighted by molar-refractivity contribution is -0.00000698. The summed E-state index contributed by atoms with van der Waals surface area (Å²) < 4.78 is 25.6. The average Bonchev–Trinajstić information content (AvgIpc) is 3.08. The third-order valence-electron chi connectivity index (χ3n) is 4.05. The van der Waals surface area contributed by atoms with Gasteiger partial charge in [-0.25, -0.2) is 13.4 Å². The maximum Gasteiger partial charge on any atom is 0.182 e. The molecule has 0 radical (unpaired) electrons. The van der Waals surface area contributed by atoms with E-state index in [1.54, 1.807) is 11.3 Å². The third kappa shape index (κ3) is 3.02. The lowest BCUT2D eigenvalue weighted by Gasteiger charge is -2.16. The summed E-state index contributed by atoms with van der Waals surface area (Å²) in [6, 6.07) is 2.17. The van der Waals surface area contributed by atoms with Gasteiger partial charge in [0.05, 0.1) is 17.2 Å². The molecule has 1 fully saturated rings. The highest BCUT2D eigenvalue weighted by Crippen LogP contribution is 2.34. The molecule has 0 bridgehead atoms. The predicted molar refractivity (Wildman–Crippen MR) is 86.9 cm³/mol. The standard InChI is InChI=1S/C14H19N3O2S2.ClH/c1-9-6-12(13-7-20-14(15-3)16-13)10(2)17(9)11-4-5-21(18,19)8-11;/h6-7,11H,4-5,8H2,1-3H3,(H,15,16);1H/p-1. The number of anilines is 1. The van der Waals surface area contributed by atoms with Gasteiger partial charge in [0.15, 0.2) is 15.0 Å². The van der Waals surface area contributed by atoms with Crippen LogP contribution in [0.25, 0.3) is 11.3 Å². The molecule has 8 heteroatoms. The van der Waals surface area contributed by atoms with Gasteiger partial charge < -0.3 is 22.3 Å². The summed E-state index contributed by atoms with van der Waals surface area (Å²) in [4.78, 5) is 4.55. The van der Waals surface area contributed by atoms with Crippen LogP contribution in [-0.4, -0.2) is 36.5 Å². The van der Waals surface area contributed by atoms with Crippen LogP contribution in [0.5, 0.6) is 0 Å². The highest BCUT2D eigenvalue weighted by molar-refractivity contribution is 7.91. The van der Waals surface area contributed by atoms with E-state index in [0.717, 1.165) is 27.8 Å². The predicted octanol–water partition coefficient (Wildman–Crippen LogP) is -0.366. The van der Waals surface area contributed by atoms with Crippen LogP contribution in [0, 0.1) is 13.8 Å². The molecular formula is C14H19ClN3O2S2-. The molecule has 3 rings (SSSR count). The Morgan fingerprint density at radius 1 is 1.41 bits per heavy atom. The Morgan fingerprint density at radius 2 is 2.14 bits per heavy atom. The highest BCUT2D eigenvalue weighted by atomic mass is 35.5. The molecule has 1 aliphatic rings. The molecule has 0 amide bonds. The molecule has 22 heavy (non-hydrogen) atoms. The van der Waals surface area contributed by atoms with Crippen LogP contribution in [0.3, 0.4) is 0 Å². The number of thiazole rings is 1. The van der Waals surface area contributed by atoms with Gasteiger partial charge in [-0.2, -0.15) is 0 Å². The molecule has 0 saturated carbocycles. The van der Waals surface area contributed by atoms with E-state index in [0.29, 0.717) is 12.2 Å². The Balaban J connectivity index is 0.00000176. The van der Waals surface area contributed by atoms with E-state index in [9.17, 15) is 8.42 Å². The van der Waals surface area contributed by atoms with Gasteiger partial charge >= 0.3 is 0 Å². The smallest absolute Gasteiger partial charge is 0.182 e. The first-order chi connectivity index (χ1) is 9.91. The van der Waals surface area contributed by atoms with Crippen LogP contribution in [0.2, 0.25) is 0 Å². The van der Waals surface area contributed by atoms with Crippen molar-refractivity contribution in [2.24, 2.45) is 0 Å². The maximum atomic E-state index is 11.7. The number of nitrogens with zero attached hydrogens (tertiary/aromatic N) is 2. The Kier molecular flexibility index (Phi) is 4.89. The quantitative estimate of drug-likeness (QED) is 0.811. The molecule has 0 spiro atoms. The molecule has 5 nitrogen and oxygen atoms in total. The second kappa shape index (κ2) is 6.22. The van der Waals surface area contributed by atoms with Crippen LogP contribution in [0.1, 0.15) is 23.9 Å². The summed E-state index contributed by atoms with van der Waals surface area (Å²) >= 11 is 1.57. The Labute approximate surface area is 141 Å². The van der Waals surface area contributed by atoms with Crippen molar-refractivity contribution in [2.75, 3.05) is 23.9 Å². The average molecular weight is 361 g/mol. The first-order valence-corrected chi connectivity index (χ1v) is 9.64. The van der Waals surface area contributed by atoms with Crippen LogP contribution in [0.15, 0.2) is 11.4 Å². The largest absolute Gasteiger partial charge is 1.00 e. The molecule has 1 unspecified atom stereocenters. The number of aromatic nitrogens is 2. The fraction of sp³-hybridized carbons (Fsp3) is 0.500. The van der Waals surface area contributed by atoms with Crippen molar-refractivity contribution < 1.29 is 20.8 Å². The summed E-state index contributed by atoms with van der Waals surface area (Å²) in [6.45, 7) is 4.08. The van der Waals surface area contributed by atoms with E-state index in [1.807, 2.05) is 26.3 Å². The lowest BCUT2D eigenvalue weighted by atomic mass is 10.2. The summed E-state index contributed by atoms with van der Waals surface area (Å²) in [5.74, 6) is 0.548. The molecule has 122 valence electrons. The second-order valence-corrected chi connectivity index (χ2v) is 8.59. The lowest BCUT2D eigenvalue weighted by Crippen LogP contribution is -3.00. The number of hydrogen-bond acceptors (Lipinski definition) is 5. The number of nitrogens with one attached hydrogen (secondary N) is 1. The number of rotatable bonds is 3. The SMILES string of the molecule is CNc1nc(-c2cc(C)n(C3CCS(=O)(=O)C3)c2C)cs1.[Cl-]. The fourth-order valence-electron chi connectivity index (χ4n) is 3.09. The summed E-state index contributed by atoms with van der Waals surface area (Å²) in [6.07, 6.45) is 0.705. The minimum atomic E-state index is -2.88. The van der Waals surface area contributed by atoms with Gasteiger partial charge in [-0.05, 0) is 26.3 Å². The minimum absolute atomic E-state index is 0. The van der Waals surface area contributed by atoms with Crippen molar-refractivity contribution in [3.05, 3.63) is 22.8 Å².